The molecule has 0 atom stereocenters. The van der Waals surface area contributed by atoms with Crippen molar-refractivity contribution in [2.24, 2.45) is 0 Å². The minimum Gasteiger partial charge on any atom is -0.468 e. The molecule has 2 heterocycles. The maximum atomic E-state index is 12.4. The lowest BCUT2D eigenvalue weighted by Crippen LogP contribution is -2.19. The number of nitrogens with zero attached hydrogens (tertiary/aromatic N) is 2. The van der Waals surface area contributed by atoms with Gasteiger partial charge < -0.3 is 14.5 Å². The zero-order valence-electron chi connectivity index (χ0n) is 15.9. The van der Waals surface area contributed by atoms with Gasteiger partial charge in [-0.1, -0.05) is 23.9 Å². The molecule has 2 aromatic carbocycles. The standard InChI is InChI=1S/C20H17N3O5S2/c1-27-18(25)11-29-19-22-13-7-6-12(10-16(13)30-19)21-17(24)8-9-23-14-4-2-3-5-15(14)28-20(23)26/h2-7,10H,8-9,11H2,1H3,(H,21,24). The highest BCUT2D eigenvalue weighted by Crippen LogP contribution is 2.31. The second kappa shape index (κ2) is 8.72. The second-order valence-corrected chi connectivity index (χ2v) is 8.57. The molecule has 1 amide bonds. The predicted molar refractivity (Wildman–Crippen MR) is 116 cm³/mol. The van der Waals surface area contributed by atoms with Gasteiger partial charge in [-0.3, -0.25) is 14.2 Å². The Morgan fingerprint density at radius 2 is 2.10 bits per heavy atom. The molecule has 0 fully saturated rings. The van der Waals surface area contributed by atoms with Gasteiger partial charge in [-0.2, -0.15) is 0 Å². The molecule has 30 heavy (non-hydrogen) atoms. The zero-order valence-corrected chi connectivity index (χ0v) is 17.5. The summed E-state index contributed by atoms with van der Waals surface area (Å²) >= 11 is 2.75. The number of esters is 1. The highest BCUT2D eigenvalue weighted by Gasteiger charge is 2.12. The molecular formula is C20H17N3O5S2. The summed E-state index contributed by atoms with van der Waals surface area (Å²) in [6, 6.07) is 12.5. The van der Waals surface area contributed by atoms with Gasteiger partial charge in [0.2, 0.25) is 5.91 Å². The van der Waals surface area contributed by atoms with Crippen LogP contribution in [0, 0.1) is 0 Å². The summed E-state index contributed by atoms with van der Waals surface area (Å²) in [6.45, 7) is 0.221. The Hall–Kier alpha value is -3.11. The molecule has 0 radical (unpaired) electrons. The van der Waals surface area contributed by atoms with Gasteiger partial charge in [0.25, 0.3) is 0 Å². The fourth-order valence-electron chi connectivity index (χ4n) is 2.89. The molecule has 1 N–H and O–H groups in total. The fourth-order valence-corrected chi connectivity index (χ4v) is 4.83. The Morgan fingerprint density at radius 1 is 1.27 bits per heavy atom. The quantitative estimate of drug-likeness (QED) is 0.344. The van der Waals surface area contributed by atoms with E-state index >= 15 is 0 Å². The van der Waals surface area contributed by atoms with Crippen LogP contribution in [0.1, 0.15) is 6.42 Å². The number of aryl methyl sites for hydroxylation is 1. The number of aromatic nitrogens is 2. The van der Waals surface area contributed by atoms with Crippen LogP contribution in [0.25, 0.3) is 21.3 Å². The Balaban J connectivity index is 1.40. The molecule has 4 aromatic rings. The normalized spacial score (nSPS) is 11.1. The van der Waals surface area contributed by atoms with Crippen LogP contribution in [-0.2, 0) is 20.9 Å². The van der Waals surface area contributed by atoms with Gasteiger partial charge in [-0.05, 0) is 30.3 Å². The topological polar surface area (TPSA) is 103 Å². The number of para-hydroxylation sites is 2. The minimum absolute atomic E-state index is 0.129. The molecule has 4 rings (SSSR count). The monoisotopic (exact) mass is 443 g/mol. The van der Waals surface area contributed by atoms with Crippen LogP contribution in [-0.4, -0.2) is 34.3 Å². The summed E-state index contributed by atoms with van der Waals surface area (Å²) < 4.78 is 12.9. The lowest BCUT2D eigenvalue weighted by molar-refractivity contribution is -0.137. The number of anilines is 1. The minimum atomic E-state index is -0.480. The van der Waals surface area contributed by atoms with E-state index in [4.69, 9.17) is 4.42 Å². The second-order valence-electron chi connectivity index (χ2n) is 6.31. The Bertz CT molecular complexity index is 1290. The molecule has 0 unspecified atom stereocenters. The molecule has 2 aromatic heterocycles. The Morgan fingerprint density at radius 3 is 2.93 bits per heavy atom. The number of carbonyl (C=O) groups excluding carboxylic acids is 2. The van der Waals surface area contributed by atoms with Crippen LogP contribution in [0.2, 0.25) is 0 Å². The third-order valence-corrected chi connectivity index (χ3v) is 6.46. The van der Waals surface area contributed by atoms with E-state index in [0.29, 0.717) is 16.8 Å². The summed E-state index contributed by atoms with van der Waals surface area (Å²) in [6.07, 6.45) is 0.129. The maximum Gasteiger partial charge on any atom is 0.419 e. The summed E-state index contributed by atoms with van der Waals surface area (Å²) in [5, 5.41) is 2.85. The first kappa shape index (κ1) is 20.2. The molecule has 0 aliphatic carbocycles. The van der Waals surface area contributed by atoms with E-state index in [0.717, 1.165) is 14.6 Å². The molecule has 154 valence electrons. The van der Waals surface area contributed by atoms with Gasteiger partial charge in [0, 0.05) is 18.7 Å². The summed E-state index contributed by atoms with van der Waals surface area (Å²) in [5.41, 5.74) is 2.60. The average molecular weight is 444 g/mol. The third kappa shape index (κ3) is 4.39. The highest BCUT2D eigenvalue weighted by atomic mass is 32.2. The van der Waals surface area contributed by atoms with E-state index in [1.165, 1.54) is 34.8 Å². The lowest BCUT2D eigenvalue weighted by atomic mass is 10.3. The molecule has 0 aliphatic heterocycles. The van der Waals surface area contributed by atoms with Crippen molar-refractivity contribution in [3.63, 3.8) is 0 Å². The van der Waals surface area contributed by atoms with Crippen LogP contribution in [0.4, 0.5) is 5.69 Å². The summed E-state index contributed by atoms with van der Waals surface area (Å²) in [5.74, 6) is -0.803. The fraction of sp³-hybridized carbons (Fsp3) is 0.200. The highest BCUT2D eigenvalue weighted by molar-refractivity contribution is 8.01. The van der Waals surface area contributed by atoms with Crippen molar-refractivity contribution in [3.8, 4) is 0 Å². The van der Waals surface area contributed by atoms with E-state index in [1.807, 2.05) is 18.2 Å². The molecule has 0 bridgehead atoms. The van der Waals surface area contributed by atoms with Crippen molar-refractivity contribution >= 4 is 62.0 Å². The summed E-state index contributed by atoms with van der Waals surface area (Å²) in [7, 11) is 1.35. The van der Waals surface area contributed by atoms with Crippen molar-refractivity contribution in [2.45, 2.75) is 17.3 Å². The van der Waals surface area contributed by atoms with Crippen LogP contribution in [0.15, 0.2) is 56.0 Å². The third-order valence-electron chi connectivity index (χ3n) is 4.33. The number of hydrogen-bond donors (Lipinski definition) is 1. The largest absolute Gasteiger partial charge is 0.468 e. The number of rotatable bonds is 7. The molecule has 8 nitrogen and oxygen atoms in total. The van der Waals surface area contributed by atoms with E-state index < -0.39 is 5.76 Å². The molecule has 0 saturated carbocycles. The first-order valence-electron chi connectivity index (χ1n) is 9.02. The van der Waals surface area contributed by atoms with Crippen molar-refractivity contribution in [1.29, 1.82) is 0 Å². The number of ether oxygens (including phenoxy) is 1. The van der Waals surface area contributed by atoms with Gasteiger partial charge in [0.05, 0.1) is 28.6 Å². The molecule has 0 aliphatic rings. The summed E-state index contributed by atoms with van der Waals surface area (Å²) in [4.78, 5) is 40.1. The van der Waals surface area contributed by atoms with Gasteiger partial charge in [0.1, 0.15) is 0 Å². The number of fused-ring (bicyclic) bond motifs is 2. The van der Waals surface area contributed by atoms with E-state index in [9.17, 15) is 14.4 Å². The first-order chi connectivity index (χ1) is 14.5. The molecular weight excluding hydrogens is 426 g/mol. The van der Waals surface area contributed by atoms with E-state index in [-0.39, 0.29) is 30.6 Å². The predicted octanol–water partition coefficient (Wildman–Crippen LogP) is 3.50. The van der Waals surface area contributed by atoms with Crippen molar-refractivity contribution in [2.75, 3.05) is 18.2 Å². The van der Waals surface area contributed by atoms with Crippen molar-refractivity contribution in [3.05, 3.63) is 53.0 Å². The van der Waals surface area contributed by atoms with Crippen LogP contribution >= 0.6 is 23.1 Å². The number of amides is 1. The number of thioether (sulfide) groups is 1. The van der Waals surface area contributed by atoms with Crippen molar-refractivity contribution < 1.29 is 18.7 Å². The van der Waals surface area contributed by atoms with Crippen LogP contribution in [0.5, 0.6) is 0 Å². The first-order valence-corrected chi connectivity index (χ1v) is 10.8. The van der Waals surface area contributed by atoms with Gasteiger partial charge in [-0.25, -0.2) is 9.78 Å². The number of thiazole rings is 1. The zero-order chi connectivity index (χ0) is 21.1. The van der Waals surface area contributed by atoms with Crippen LogP contribution < -0.4 is 11.1 Å². The number of nitrogens with one attached hydrogen (secondary N) is 1. The van der Waals surface area contributed by atoms with E-state index in [2.05, 4.69) is 15.0 Å². The Labute approximate surface area is 178 Å². The van der Waals surface area contributed by atoms with Crippen molar-refractivity contribution in [1.82, 2.24) is 9.55 Å². The van der Waals surface area contributed by atoms with Gasteiger partial charge >= 0.3 is 11.7 Å². The Kier molecular flexibility index (Phi) is 5.86. The van der Waals surface area contributed by atoms with Crippen LogP contribution in [0.3, 0.4) is 0 Å². The number of hydrogen-bond acceptors (Lipinski definition) is 8. The SMILES string of the molecule is COC(=O)CSc1nc2ccc(NC(=O)CCn3c(=O)oc4ccccc43)cc2s1. The average Bonchev–Trinajstić information content (AvgIpc) is 3.29. The lowest BCUT2D eigenvalue weighted by Gasteiger charge is -2.05. The van der Waals surface area contributed by atoms with Gasteiger partial charge in [0.15, 0.2) is 9.92 Å². The number of benzene rings is 2. The smallest absolute Gasteiger partial charge is 0.419 e. The molecule has 10 heteroatoms. The number of carbonyl (C=O) groups is 2. The van der Waals surface area contributed by atoms with Gasteiger partial charge in [-0.15, -0.1) is 11.3 Å². The number of oxazole rings is 1. The molecule has 0 spiro atoms. The maximum absolute atomic E-state index is 12.4. The number of methoxy groups -OCH3 is 1. The van der Waals surface area contributed by atoms with E-state index in [1.54, 1.807) is 24.3 Å². The molecule has 0 saturated heterocycles.